The van der Waals surface area contributed by atoms with Gasteiger partial charge in [-0.25, -0.2) is 4.39 Å². The Kier molecular flexibility index (Phi) is 4.46. The van der Waals surface area contributed by atoms with Crippen LogP contribution in [0.4, 0.5) is 43.9 Å². The summed E-state index contributed by atoms with van der Waals surface area (Å²) in [5.41, 5.74) is -5.06. The fourth-order valence-electron chi connectivity index (χ4n) is 0.905. The molecule has 2 nitrogen and oxygen atoms in total. The fourth-order valence-corrected chi connectivity index (χ4v) is 0.905. The standard InChI is InChI=1S/C7H6F10O2/c8-3(1-18,2-19)4(9,10)5(11,12)6(13,14)7(15,16)17/h18-19H,1-2H2. The molecule has 0 unspecified atom stereocenters. The minimum absolute atomic E-state index is 2.60. The molecule has 0 atom stereocenters. The molecular weight excluding hydrogens is 306 g/mol. The molecule has 0 saturated heterocycles. The van der Waals surface area contributed by atoms with Gasteiger partial charge in [0, 0.05) is 0 Å². The lowest BCUT2D eigenvalue weighted by Gasteiger charge is -2.39. The zero-order chi connectivity index (χ0) is 15.9. The summed E-state index contributed by atoms with van der Waals surface area (Å²) in [6.45, 7) is -5.19. The predicted octanol–water partition coefficient (Wildman–Crippen LogP) is 2.15. The van der Waals surface area contributed by atoms with E-state index in [-0.39, 0.29) is 0 Å². The van der Waals surface area contributed by atoms with E-state index < -0.39 is 42.8 Å². The average Bonchev–Trinajstić information content (AvgIpc) is 2.25. The number of hydrogen-bond donors (Lipinski definition) is 2. The van der Waals surface area contributed by atoms with E-state index in [0.29, 0.717) is 0 Å². The van der Waals surface area contributed by atoms with Gasteiger partial charge in [0.25, 0.3) is 0 Å². The van der Waals surface area contributed by atoms with E-state index in [0.717, 1.165) is 0 Å². The van der Waals surface area contributed by atoms with Gasteiger partial charge in [0.05, 0.1) is 13.2 Å². The van der Waals surface area contributed by atoms with E-state index in [9.17, 15) is 43.9 Å². The van der Waals surface area contributed by atoms with E-state index in [1.165, 1.54) is 0 Å². The maximum Gasteiger partial charge on any atom is 0.460 e. The minimum Gasteiger partial charge on any atom is -0.393 e. The van der Waals surface area contributed by atoms with Gasteiger partial charge < -0.3 is 10.2 Å². The Morgan fingerprint density at radius 2 is 0.842 bits per heavy atom. The van der Waals surface area contributed by atoms with Crippen molar-refractivity contribution in [1.82, 2.24) is 0 Å². The lowest BCUT2D eigenvalue weighted by Crippen LogP contribution is -2.69. The normalized spacial score (nSPS) is 15.8. The van der Waals surface area contributed by atoms with Gasteiger partial charge in [-0.1, -0.05) is 0 Å². The van der Waals surface area contributed by atoms with Crippen molar-refractivity contribution in [3.63, 3.8) is 0 Å². The third-order valence-electron chi connectivity index (χ3n) is 2.21. The highest BCUT2D eigenvalue weighted by Crippen LogP contribution is 2.56. The molecule has 0 aromatic rings. The largest absolute Gasteiger partial charge is 0.460 e. The van der Waals surface area contributed by atoms with Crippen LogP contribution < -0.4 is 0 Å². The van der Waals surface area contributed by atoms with E-state index >= 15 is 0 Å². The Balaban J connectivity index is 5.90. The lowest BCUT2D eigenvalue weighted by molar-refractivity contribution is -0.414. The average molecular weight is 312 g/mol. The molecule has 19 heavy (non-hydrogen) atoms. The molecule has 0 aromatic carbocycles. The summed E-state index contributed by atoms with van der Waals surface area (Å²) >= 11 is 0. The zero-order valence-electron chi connectivity index (χ0n) is 8.59. The Bertz CT molecular complexity index is 318. The fraction of sp³-hybridized carbons (Fsp3) is 1.00. The lowest BCUT2D eigenvalue weighted by atomic mass is 9.90. The minimum atomic E-state index is -7.27. The molecule has 0 aliphatic rings. The molecule has 0 aromatic heterocycles. The summed E-state index contributed by atoms with van der Waals surface area (Å²) in [4.78, 5) is 0. The van der Waals surface area contributed by atoms with Crippen molar-refractivity contribution in [2.75, 3.05) is 13.2 Å². The highest BCUT2D eigenvalue weighted by atomic mass is 19.4. The van der Waals surface area contributed by atoms with Gasteiger partial charge >= 0.3 is 23.9 Å². The van der Waals surface area contributed by atoms with Crippen LogP contribution in [-0.2, 0) is 0 Å². The molecule has 0 heterocycles. The Hall–Kier alpha value is -0.780. The van der Waals surface area contributed by atoms with E-state index in [2.05, 4.69) is 0 Å². The summed E-state index contributed by atoms with van der Waals surface area (Å²) in [5.74, 6) is -21.2. The van der Waals surface area contributed by atoms with Crippen molar-refractivity contribution < 1.29 is 54.1 Å². The second kappa shape index (κ2) is 4.65. The van der Waals surface area contributed by atoms with Crippen molar-refractivity contribution in [2.45, 2.75) is 29.6 Å². The highest BCUT2D eigenvalue weighted by Gasteiger charge is 2.86. The molecule has 0 amide bonds. The molecule has 0 aliphatic carbocycles. The zero-order valence-corrected chi connectivity index (χ0v) is 8.59. The first-order valence-corrected chi connectivity index (χ1v) is 4.23. The van der Waals surface area contributed by atoms with Gasteiger partial charge in [-0.2, -0.15) is 39.5 Å². The van der Waals surface area contributed by atoms with Crippen molar-refractivity contribution in [3.8, 4) is 0 Å². The second-order valence-corrected chi connectivity index (χ2v) is 3.50. The third kappa shape index (κ3) is 2.35. The van der Waals surface area contributed by atoms with E-state index in [4.69, 9.17) is 10.2 Å². The summed E-state index contributed by atoms with van der Waals surface area (Å²) in [6, 6.07) is 0. The number of halogens is 10. The van der Waals surface area contributed by atoms with Gasteiger partial charge in [0.2, 0.25) is 5.67 Å². The SMILES string of the molecule is OCC(F)(CO)C(F)(F)C(F)(F)C(F)(F)C(F)(F)F. The maximum atomic E-state index is 13.0. The second-order valence-electron chi connectivity index (χ2n) is 3.50. The molecule has 0 bridgehead atoms. The molecule has 2 N–H and O–H groups in total. The van der Waals surface area contributed by atoms with E-state index in [1.807, 2.05) is 0 Å². The number of hydrogen-bond acceptors (Lipinski definition) is 2. The molecular formula is C7H6F10O2. The first-order valence-electron chi connectivity index (χ1n) is 4.23. The quantitative estimate of drug-likeness (QED) is 0.764. The van der Waals surface area contributed by atoms with Crippen LogP contribution in [0.3, 0.4) is 0 Å². The summed E-state index contributed by atoms with van der Waals surface area (Å²) in [6.07, 6.45) is -7.09. The van der Waals surface area contributed by atoms with Gasteiger partial charge in [0.1, 0.15) is 0 Å². The van der Waals surface area contributed by atoms with E-state index in [1.54, 1.807) is 0 Å². The smallest absolute Gasteiger partial charge is 0.393 e. The number of aliphatic hydroxyl groups is 2. The van der Waals surface area contributed by atoms with Crippen molar-refractivity contribution in [2.24, 2.45) is 0 Å². The van der Waals surface area contributed by atoms with Gasteiger partial charge in [0.15, 0.2) is 0 Å². The Morgan fingerprint density at radius 3 is 1.05 bits per heavy atom. The Labute approximate surface area is 98.2 Å². The molecule has 0 rings (SSSR count). The van der Waals surface area contributed by atoms with Crippen LogP contribution in [-0.4, -0.2) is 53.0 Å². The molecule has 0 fully saturated rings. The molecule has 0 spiro atoms. The number of rotatable bonds is 5. The number of aliphatic hydroxyl groups excluding tert-OH is 2. The van der Waals surface area contributed by atoms with Crippen molar-refractivity contribution >= 4 is 0 Å². The molecule has 116 valence electrons. The van der Waals surface area contributed by atoms with Crippen LogP contribution >= 0.6 is 0 Å². The van der Waals surface area contributed by atoms with Crippen molar-refractivity contribution in [1.29, 1.82) is 0 Å². The maximum absolute atomic E-state index is 13.0. The molecule has 0 saturated carbocycles. The molecule has 12 heteroatoms. The van der Waals surface area contributed by atoms with Crippen LogP contribution in [0.2, 0.25) is 0 Å². The highest BCUT2D eigenvalue weighted by molar-refractivity contribution is 5.09. The number of alkyl halides is 10. The topological polar surface area (TPSA) is 40.5 Å². The molecule has 0 radical (unpaired) electrons. The molecule has 0 aliphatic heterocycles. The van der Waals surface area contributed by atoms with Crippen LogP contribution in [0.25, 0.3) is 0 Å². The Morgan fingerprint density at radius 1 is 0.526 bits per heavy atom. The van der Waals surface area contributed by atoms with Crippen molar-refractivity contribution in [3.05, 3.63) is 0 Å². The van der Waals surface area contributed by atoms with Gasteiger partial charge in [-0.05, 0) is 0 Å². The van der Waals surface area contributed by atoms with Gasteiger partial charge in [-0.15, -0.1) is 0 Å². The van der Waals surface area contributed by atoms with Crippen LogP contribution in [0, 0.1) is 0 Å². The summed E-state index contributed by atoms with van der Waals surface area (Å²) < 4.78 is 124. The third-order valence-corrected chi connectivity index (χ3v) is 2.21. The first kappa shape index (κ1) is 18.2. The van der Waals surface area contributed by atoms with Crippen LogP contribution in [0.15, 0.2) is 0 Å². The van der Waals surface area contributed by atoms with Crippen LogP contribution in [0.1, 0.15) is 0 Å². The predicted molar refractivity (Wildman–Crippen MR) is 38.9 cm³/mol. The monoisotopic (exact) mass is 312 g/mol. The summed E-state index contributed by atoms with van der Waals surface area (Å²) in [7, 11) is 0. The summed E-state index contributed by atoms with van der Waals surface area (Å²) in [5, 5.41) is 16.2. The van der Waals surface area contributed by atoms with Gasteiger partial charge in [-0.3, -0.25) is 0 Å². The van der Waals surface area contributed by atoms with Crippen LogP contribution in [0.5, 0.6) is 0 Å². The first-order chi connectivity index (χ1) is 8.12.